The number of ketones is 1. The lowest BCUT2D eigenvalue weighted by Crippen LogP contribution is -2.64. The zero-order valence-corrected chi connectivity index (χ0v) is 27.4. The van der Waals surface area contributed by atoms with Gasteiger partial charge in [-0.25, -0.2) is 0 Å². The third kappa shape index (κ3) is 8.07. The first kappa shape index (κ1) is 34.9. The van der Waals surface area contributed by atoms with Crippen molar-refractivity contribution >= 4 is 40.3 Å². The van der Waals surface area contributed by atoms with E-state index >= 15 is 0 Å². The predicted molar refractivity (Wildman–Crippen MR) is 173 cm³/mol. The molecule has 1 aromatic carbocycles. The number of carbonyl (C=O) groups excluding carboxylic acids is 5. The van der Waals surface area contributed by atoms with Crippen LogP contribution >= 0.6 is 0 Å². The van der Waals surface area contributed by atoms with Gasteiger partial charge in [0.15, 0.2) is 5.78 Å². The molecule has 4 N–H and O–H groups in total. The first-order valence-corrected chi connectivity index (χ1v) is 16.6. The van der Waals surface area contributed by atoms with Gasteiger partial charge >= 0.3 is 0 Å². The summed E-state index contributed by atoms with van der Waals surface area (Å²) in [6.45, 7) is 5.93. The second kappa shape index (κ2) is 16.1. The Labute approximate surface area is 270 Å². The Morgan fingerprint density at radius 2 is 1.72 bits per heavy atom. The number of piperidine rings is 1. The number of hydrogen-bond acceptors (Lipinski definition) is 7. The maximum Gasteiger partial charge on any atom is 0.246 e. The summed E-state index contributed by atoms with van der Waals surface area (Å²) in [5.41, 5.74) is 1.57. The summed E-state index contributed by atoms with van der Waals surface area (Å²) in [6, 6.07) is 3.93. The number of fused-ring (bicyclic) bond motifs is 2. The van der Waals surface area contributed by atoms with Crippen LogP contribution in [0.5, 0.6) is 0 Å². The van der Waals surface area contributed by atoms with Gasteiger partial charge in [0.2, 0.25) is 23.6 Å². The van der Waals surface area contributed by atoms with Crippen LogP contribution in [0.2, 0.25) is 0 Å². The third-order valence-electron chi connectivity index (χ3n) is 9.45. The van der Waals surface area contributed by atoms with Crippen LogP contribution in [0.4, 0.5) is 0 Å². The average Bonchev–Trinajstić information content (AvgIpc) is 3.43. The molecular weight excluding hydrogens is 590 g/mol. The fourth-order valence-corrected chi connectivity index (χ4v) is 6.44. The molecule has 2 aliphatic heterocycles. The molecule has 0 saturated carbocycles. The highest BCUT2D eigenvalue weighted by atomic mass is 16.6. The summed E-state index contributed by atoms with van der Waals surface area (Å²) < 4.78 is 1.60. The van der Waals surface area contributed by atoms with Crippen LogP contribution in [0.25, 0.3) is 10.9 Å². The highest BCUT2D eigenvalue weighted by Gasteiger charge is 2.41. The van der Waals surface area contributed by atoms with E-state index in [9.17, 15) is 29.1 Å². The van der Waals surface area contributed by atoms with E-state index in [1.165, 1.54) is 0 Å². The second-order valence-corrected chi connectivity index (χ2v) is 12.5. The molecule has 0 aliphatic carbocycles. The van der Waals surface area contributed by atoms with Gasteiger partial charge in [-0.15, -0.1) is 0 Å². The first-order valence-electron chi connectivity index (χ1n) is 16.6. The molecule has 2 aromatic rings. The quantitative estimate of drug-likeness (QED) is 0.259. The summed E-state index contributed by atoms with van der Waals surface area (Å²) in [7, 11) is 1.54. The van der Waals surface area contributed by atoms with Crippen molar-refractivity contribution in [3.63, 3.8) is 0 Å². The van der Waals surface area contributed by atoms with Crippen molar-refractivity contribution in [2.75, 3.05) is 13.7 Å². The van der Waals surface area contributed by atoms with Crippen molar-refractivity contribution in [3.8, 4) is 0 Å². The Morgan fingerprint density at radius 3 is 2.43 bits per heavy atom. The van der Waals surface area contributed by atoms with Crippen molar-refractivity contribution in [2.24, 2.45) is 5.92 Å². The van der Waals surface area contributed by atoms with Gasteiger partial charge in [-0.3, -0.25) is 24.0 Å². The number of benzene rings is 1. The summed E-state index contributed by atoms with van der Waals surface area (Å²) in [6.07, 6.45) is 5.08. The average molecular weight is 640 g/mol. The molecule has 0 spiro atoms. The molecule has 46 heavy (non-hydrogen) atoms. The van der Waals surface area contributed by atoms with E-state index < -0.39 is 48.0 Å². The van der Waals surface area contributed by atoms with Gasteiger partial charge in [0.25, 0.3) is 0 Å². The minimum Gasteiger partial charge on any atom is -0.417 e. The molecule has 2 fully saturated rings. The molecule has 0 radical (unpaired) electrons. The molecule has 4 amide bonds. The van der Waals surface area contributed by atoms with Gasteiger partial charge in [0.05, 0.1) is 5.52 Å². The number of hydrogen-bond donors (Lipinski definition) is 4. The maximum absolute atomic E-state index is 14.0. The summed E-state index contributed by atoms with van der Waals surface area (Å²) in [5, 5.41) is 19.7. The summed E-state index contributed by atoms with van der Waals surface area (Å²) >= 11 is 0. The van der Waals surface area contributed by atoms with Crippen molar-refractivity contribution in [3.05, 3.63) is 36.0 Å². The number of aromatic nitrogens is 1. The van der Waals surface area contributed by atoms with Crippen LogP contribution in [0.15, 0.2) is 30.5 Å². The molecule has 12 heteroatoms. The molecular formula is C34H49N5O7. The number of nitrogens with zero attached hydrogens (tertiary/aromatic N) is 2. The number of aliphatic hydroxyl groups excluding tert-OH is 1. The largest absolute Gasteiger partial charge is 0.417 e. The van der Waals surface area contributed by atoms with Crippen molar-refractivity contribution in [2.45, 2.75) is 115 Å². The molecule has 2 saturated heterocycles. The van der Waals surface area contributed by atoms with E-state index in [2.05, 4.69) is 16.0 Å². The molecule has 252 valence electrons. The predicted octanol–water partition coefficient (Wildman–Crippen LogP) is 2.04. The maximum atomic E-state index is 14.0. The minimum atomic E-state index is -1.06. The molecule has 0 bridgehead atoms. The number of carbonyl (C=O) groups is 5. The molecule has 4 rings (SSSR count). The second-order valence-electron chi connectivity index (χ2n) is 12.5. The number of unbranched alkanes of at least 4 members (excludes halogenated alkanes) is 1. The van der Waals surface area contributed by atoms with Crippen molar-refractivity contribution in [1.29, 1.82) is 0 Å². The van der Waals surface area contributed by atoms with E-state index in [4.69, 9.17) is 4.84 Å². The fraction of sp³-hybridized carbons (Fsp3) is 0.618. The Kier molecular flexibility index (Phi) is 12.2. The number of Topliss-reactive ketones (excluding diaryl/α,β-unsaturated/α-hetero) is 1. The summed E-state index contributed by atoms with van der Waals surface area (Å²) in [4.78, 5) is 74.6. The zero-order chi connectivity index (χ0) is 33.4. The number of para-hydroxylation sites is 1. The van der Waals surface area contributed by atoms with Crippen LogP contribution in [0.1, 0.15) is 84.1 Å². The lowest BCUT2D eigenvalue weighted by molar-refractivity contribution is -0.147. The van der Waals surface area contributed by atoms with Crippen molar-refractivity contribution < 1.29 is 33.9 Å². The number of nitrogens with one attached hydrogen (secondary N) is 3. The van der Waals surface area contributed by atoms with E-state index in [0.717, 1.165) is 29.3 Å². The SMILES string of the molecule is CCC(=O)C(O)CCCC[C@H]1NC(=O)[C@H]2CCCCN2C(=O)[C@@H](C(C)CC)NC(=O)[C@@H](Cc2cn(OC)c3ccccc23)NC1=O. The van der Waals surface area contributed by atoms with Crippen LogP contribution in [-0.4, -0.2) is 88.1 Å². The van der Waals surface area contributed by atoms with Gasteiger partial charge in [0, 0.05) is 31.0 Å². The Balaban J connectivity index is 1.66. The lowest BCUT2D eigenvalue weighted by Gasteiger charge is -2.39. The fourth-order valence-electron chi connectivity index (χ4n) is 6.44. The van der Waals surface area contributed by atoms with Crippen LogP contribution < -0.4 is 20.8 Å². The van der Waals surface area contributed by atoms with Gasteiger partial charge in [-0.2, -0.15) is 4.73 Å². The molecule has 2 unspecified atom stereocenters. The van der Waals surface area contributed by atoms with E-state index in [0.29, 0.717) is 32.2 Å². The van der Waals surface area contributed by atoms with Gasteiger partial charge in [0.1, 0.15) is 37.4 Å². The Bertz CT molecular complexity index is 1410. The van der Waals surface area contributed by atoms with Crippen LogP contribution in [-0.2, 0) is 30.4 Å². The molecule has 3 heterocycles. The highest BCUT2D eigenvalue weighted by Crippen LogP contribution is 2.24. The highest BCUT2D eigenvalue weighted by molar-refractivity contribution is 5.98. The van der Waals surface area contributed by atoms with Crippen LogP contribution in [0, 0.1) is 5.92 Å². The molecule has 2 aliphatic rings. The monoisotopic (exact) mass is 639 g/mol. The number of aliphatic hydroxyl groups is 1. The Hall–Kier alpha value is -3.93. The van der Waals surface area contributed by atoms with E-state index in [-0.39, 0.29) is 43.3 Å². The first-order chi connectivity index (χ1) is 22.1. The van der Waals surface area contributed by atoms with E-state index in [1.54, 1.807) is 29.9 Å². The molecule has 1 aromatic heterocycles. The smallest absolute Gasteiger partial charge is 0.246 e. The minimum absolute atomic E-state index is 0.119. The molecule has 6 atom stereocenters. The third-order valence-corrected chi connectivity index (χ3v) is 9.45. The van der Waals surface area contributed by atoms with E-state index in [1.807, 2.05) is 38.1 Å². The van der Waals surface area contributed by atoms with Gasteiger partial charge < -0.3 is 30.8 Å². The topological polar surface area (TPSA) is 159 Å². The van der Waals surface area contributed by atoms with Crippen molar-refractivity contribution in [1.82, 2.24) is 25.6 Å². The normalized spacial score (nSPS) is 24.2. The van der Waals surface area contributed by atoms with Crippen LogP contribution in [0.3, 0.4) is 0 Å². The number of rotatable bonds is 12. The zero-order valence-electron chi connectivity index (χ0n) is 27.4. The van der Waals surface area contributed by atoms with Gasteiger partial charge in [-0.1, -0.05) is 58.2 Å². The lowest BCUT2D eigenvalue weighted by atomic mass is 9.93. The van der Waals surface area contributed by atoms with Gasteiger partial charge in [-0.05, 0) is 49.7 Å². The Morgan fingerprint density at radius 1 is 1.00 bits per heavy atom. The number of amides is 4. The molecule has 12 nitrogen and oxygen atoms in total. The standard InChI is InChI=1S/C34H49N5O7/c1-5-21(3)30-34(45)38-18-12-11-16-27(38)33(44)35-24(14-8-10-17-29(41)28(40)6-2)31(42)36-25(32(43)37-30)19-22-20-39(46-4)26-15-9-7-13-23(22)26/h7,9,13,15,20-21,24-25,27,29-30,41H,5-6,8,10-12,14,16-19H2,1-4H3,(H,35,44)(H,36,42)(H,37,43)/t21?,24-,25-,27-,29?,30-/m1/s1. The summed E-state index contributed by atoms with van der Waals surface area (Å²) in [5.74, 6) is -2.14.